The molecule has 1 heterocycles. The zero-order valence-corrected chi connectivity index (χ0v) is 6.56. The van der Waals surface area contributed by atoms with Crippen LogP contribution >= 0.6 is 0 Å². The van der Waals surface area contributed by atoms with Gasteiger partial charge < -0.3 is 15.1 Å². The molecule has 1 amide bonds. The molecule has 12 heavy (non-hydrogen) atoms. The molecule has 0 aromatic rings. The van der Waals surface area contributed by atoms with Gasteiger partial charge in [-0.05, 0) is 6.42 Å². The summed E-state index contributed by atoms with van der Waals surface area (Å²) in [5, 5.41) is 17.1. The van der Waals surface area contributed by atoms with Crippen LogP contribution in [0.5, 0.6) is 0 Å². The molecule has 0 radical (unpaired) electrons. The Morgan fingerprint density at radius 2 is 2.17 bits per heavy atom. The average molecular weight is 173 g/mol. The third-order valence-electron chi connectivity index (χ3n) is 2.01. The van der Waals surface area contributed by atoms with Gasteiger partial charge >= 0.3 is 11.9 Å². The number of aliphatic carboxylic acids is 1. The van der Waals surface area contributed by atoms with Gasteiger partial charge in [-0.3, -0.25) is 4.79 Å². The molecule has 1 rings (SSSR count). The van der Waals surface area contributed by atoms with Crippen LogP contribution in [0.2, 0.25) is 0 Å². The highest BCUT2D eigenvalue weighted by Crippen LogP contribution is 2.14. The minimum Gasteiger partial charge on any atom is -0.474 e. The molecule has 1 aliphatic rings. The maximum Gasteiger partial charge on any atom is 0.394 e. The van der Waals surface area contributed by atoms with Crippen molar-refractivity contribution in [3.63, 3.8) is 0 Å². The van der Waals surface area contributed by atoms with Gasteiger partial charge in [-0.2, -0.15) is 0 Å². The topological polar surface area (TPSA) is 77.8 Å². The molecule has 0 aliphatic carbocycles. The van der Waals surface area contributed by atoms with Crippen molar-refractivity contribution in [3.8, 4) is 0 Å². The van der Waals surface area contributed by atoms with Crippen LogP contribution < -0.4 is 0 Å². The van der Waals surface area contributed by atoms with E-state index < -0.39 is 11.9 Å². The Bertz CT molecular complexity index is 204. The van der Waals surface area contributed by atoms with E-state index in [9.17, 15) is 9.59 Å². The second-order valence-electron chi connectivity index (χ2n) is 2.89. The lowest BCUT2D eigenvalue weighted by Gasteiger charge is -2.12. The molecule has 1 atom stereocenters. The highest BCUT2D eigenvalue weighted by atomic mass is 16.4. The van der Waals surface area contributed by atoms with Gasteiger partial charge in [-0.1, -0.05) is 0 Å². The van der Waals surface area contributed by atoms with E-state index in [0.717, 1.165) is 0 Å². The molecule has 1 fully saturated rings. The predicted molar refractivity (Wildman–Crippen MR) is 39.4 cm³/mol. The molecular weight excluding hydrogens is 162 g/mol. The summed E-state index contributed by atoms with van der Waals surface area (Å²) in [5.41, 5.74) is 0. The fraction of sp³-hybridized carbons (Fsp3) is 0.714. The van der Waals surface area contributed by atoms with Gasteiger partial charge in [0.1, 0.15) is 0 Å². The maximum absolute atomic E-state index is 10.9. The fourth-order valence-electron chi connectivity index (χ4n) is 1.30. The van der Waals surface area contributed by atoms with E-state index in [1.807, 2.05) is 0 Å². The first kappa shape index (κ1) is 8.99. The van der Waals surface area contributed by atoms with Gasteiger partial charge in [0.05, 0.1) is 0 Å². The maximum atomic E-state index is 10.9. The molecule has 0 aromatic heterocycles. The van der Waals surface area contributed by atoms with Crippen LogP contribution in [-0.2, 0) is 9.59 Å². The summed E-state index contributed by atoms with van der Waals surface area (Å²) in [4.78, 5) is 22.3. The van der Waals surface area contributed by atoms with Crippen molar-refractivity contribution in [2.75, 3.05) is 19.7 Å². The van der Waals surface area contributed by atoms with Crippen LogP contribution in [0, 0.1) is 5.92 Å². The van der Waals surface area contributed by atoms with Crippen molar-refractivity contribution in [1.29, 1.82) is 0 Å². The van der Waals surface area contributed by atoms with E-state index in [4.69, 9.17) is 10.2 Å². The number of carbonyl (C=O) groups excluding carboxylic acids is 1. The van der Waals surface area contributed by atoms with Crippen molar-refractivity contribution in [1.82, 2.24) is 4.90 Å². The molecule has 1 saturated heterocycles. The van der Waals surface area contributed by atoms with Gasteiger partial charge in [0.2, 0.25) is 0 Å². The van der Waals surface area contributed by atoms with E-state index in [1.165, 1.54) is 4.90 Å². The fourth-order valence-corrected chi connectivity index (χ4v) is 1.30. The predicted octanol–water partition coefficient (Wildman–Crippen LogP) is -1.09. The first-order chi connectivity index (χ1) is 5.65. The molecular formula is C7H11NO4. The number of likely N-dealkylation sites (tertiary alicyclic amines) is 1. The molecule has 68 valence electrons. The minimum atomic E-state index is -1.42. The third kappa shape index (κ3) is 1.73. The van der Waals surface area contributed by atoms with Gasteiger partial charge in [0.15, 0.2) is 0 Å². The zero-order chi connectivity index (χ0) is 9.14. The Labute approximate surface area is 69.6 Å². The van der Waals surface area contributed by atoms with Crippen molar-refractivity contribution in [3.05, 3.63) is 0 Å². The summed E-state index contributed by atoms with van der Waals surface area (Å²) in [6.45, 7) is 0.821. The molecule has 2 N–H and O–H groups in total. The van der Waals surface area contributed by atoms with Crippen molar-refractivity contribution >= 4 is 11.9 Å². The van der Waals surface area contributed by atoms with Crippen LogP contribution in [0.4, 0.5) is 0 Å². The molecule has 0 unspecified atom stereocenters. The Kier molecular flexibility index (Phi) is 2.65. The number of aliphatic hydroxyl groups excluding tert-OH is 1. The first-order valence-electron chi connectivity index (χ1n) is 3.78. The van der Waals surface area contributed by atoms with E-state index in [2.05, 4.69) is 0 Å². The Balaban J connectivity index is 2.46. The first-order valence-corrected chi connectivity index (χ1v) is 3.78. The highest BCUT2D eigenvalue weighted by Gasteiger charge is 2.28. The average Bonchev–Trinajstić information content (AvgIpc) is 2.50. The number of hydrogen-bond donors (Lipinski definition) is 2. The molecule has 0 aromatic carbocycles. The van der Waals surface area contributed by atoms with Crippen LogP contribution in [0.25, 0.3) is 0 Å². The number of nitrogens with zero attached hydrogens (tertiary/aromatic N) is 1. The lowest BCUT2D eigenvalue weighted by atomic mass is 10.1. The minimum absolute atomic E-state index is 0.0173. The summed E-state index contributed by atoms with van der Waals surface area (Å²) < 4.78 is 0. The normalized spacial score (nSPS) is 22.8. The summed E-state index contributed by atoms with van der Waals surface area (Å²) in [7, 11) is 0. The Hall–Kier alpha value is -1.10. The van der Waals surface area contributed by atoms with Crippen LogP contribution in [0.3, 0.4) is 0 Å². The molecule has 0 bridgehead atoms. The van der Waals surface area contributed by atoms with Crippen molar-refractivity contribution in [2.24, 2.45) is 5.92 Å². The van der Waals surface area contributed by atoms with E-state index in [-0.39, 0.29) is 12.5 Å². The number of hydrogen-bond acceptors (Lipinski definition) is 3. The van der Waals surface area contributed by atoms with Gasteiger partial charge in [-0.25, -0.2) is 4.79 Å². The summed E-state index contributed by atoms with van der Waals surface area (Å²) in [5.74, 6) is -2.24. The second kappa shape index (κ2) is 3.53. The van der Waals surface area contributed by atoms with E-state index in [0.29, 0.717) is 19.5 Å². The SMILES string of the molecule is O=C(O)C(=O)N1CC[C@H](CO)C1. The highest BCUT2D eigenvalue weighted by molar-refractivity contribution is 6.31. The zero-order valence-electron chi connectivity index (χ0n) is 6.56. The standard InChI is InChI=1S/C7H11NO4/c9-4-5-1-2-8(3-5)6(10)7(11)12/h5,9H,1-4H2,(H,11,12)/t5-/m0/s1. The monoisotopic (exact) mass is 173 g/mol. The summed E-state index contributed by atoms with van der Waals surface area (Å²) >= 11 is 0. The number of rotatable bonds is 1. The number of amides is 1. The second-order valence-corrected chi connectivity index (χ2v) is 2.89. The number of carboxylic acid groups (broad SMARTS) is 1. The Morgan fingerprint density at radius 3 is 2.58 bits per heavy atom. The van der Waals surface area contributed by atoms with Crippen LogP contribution in [-0.4, -0.2) is 46.7 Å². The van der Waals surface area contributed by atoms with Crippen LogP contribution in [0.1, 0.15) is 6.42 Å². The van der Waals surface area contributed by atoms with Gasteiger partial charge in [0.25, 0.3) is 0 Å². The van der Waals surface area contributed by atoms with Crippen molar-refractivity contribution in [2.45, 2.75) is 6.42 Å². The molecule has 5 heteroatoms. The largest absolute Gasteiger partial charge is 0.474 e. The van der Waals surface area contributed by atoms with E-state index >= 15 is 0 Å². The Morgan fingerprint density at radius 1 is 1.50 bits per heavy atom. The summed E-state index contributed by atoms with van der Waals surface area (Å²) in [6.07, 6.45) is 0.690. The molecule has 5 nitrogen and oxygen atoms in total. The number of carboxylic acids is 1. The third-order valence-corrected chi connectivity index (χ3v) is 2.01. The number of aliphatic hydroxyl groups is 1. The molecule has 0 spiro atoms. The summed E-state index contributed by atoms with van der Waals surface area (Å²) in [6, 6.07) is 0. The lowest BCUT2D eigenvalue weighted by molar-refractivity contribution is -0.155. The van der Waals surface area contributed by atoms with Gasteiger partial charge in [0, 0.05) is 25.6 Å². The van der Waals surface area contributed by atoms with Crippen LogP contribution in [0.15, 0.2) is 0 Å². The van der Waals surface area contributed by atoms with E-state index in [1.54, 1.807) is 0 Å². The lowest BCUT2D eigenvalue weighted by Crippen LogP contribution is -2.34. The quantitative estimate of drug-likeness (QED) is 0.494. The van der Waals surface area contributed by atoms with Crippen molar-refractivity contribution < 1.29 is 19.8 Å². The smallest absolute Gasteiger partial charge is 0.394 e. The number of carbonyl (C=O) groups is 2. The molecule has 0 saturated carbocycles. The van der Waals surface area contributed by atoms with Gasteiger partial charge in [-0.15, -0.1) is 0 Å². The molecule has 1 aliphatic heterocycles.